The molecule has 7 heteroatoms. The number of nitrogens with zero attached hydrogens (tertiary/aromatic N) is 2. The highest BCUT2D eigenvalue weighted by molar-refractivity contribution is 9.10. The van der Waals surface area contributed by atoms with E-state index in [1.807, 2.05) is 12.1 Å². The van der Waals surface area contributed by atoms with Crippen molar-refractivity contribution in [2.45, 2.75) is 0 Å². The number of nitrogens with two attached hydrogens (primary N) is 1. The number of halogens is 2. The summed E-state index contributed by atoms with van der Waals surface area (Å²) in [6.07, 6.45) is 0. The van der Waals surface area contributed by atoms with E-state index in [9.17, 15) is 0 Å². The Hall–Kier alpha value is -1.53. The zero-order valence-electron chi connectivity index (χ0n) is 9.45. The first-order valence-corrected chi connectivity index (χ1v) is 6.16. The van der Waals surface area contributed by atoms with Crippen LogP contribution < -0.4 is 15.8 Å². The number of nitrogens with one attached hydrogen (secondary N) is 1. The Balaban J connectivity index is 2.27. The molecule has 1 heterocycles. The molecule has 0 spiro atoms. The molecule has 0 aliphatic rings. The molecule has 2 aromatic rings. The van der Waals surface area contributed by atoms with E-state index in [1.165, 1.54) is 7.11 Å². The average Bonchev–Trinajstić information content (AvgIpc) is 2.33. The minimum Gasteiger partial charge on any atom is -0.481 e. The highest BCUT2D eigenvalue weighted by Gasteiger charge is 2.04. The summed E-state index contributed by atoms with van der Waals surface area (Å²) in [7, 11) is 1.52. The van der Waals surface area contributed by atoms with Gasteiger partial charge in [0.05, 0.1) is 12.1 Å². The van der Waals surface area contributed by atoms with Crippen LogP contribution in [0.2, 0.25) is 5.02 Å². The van der Waals surface area contributed by atoms with Gasteiger partial charge in [0.25, 0.3) is 0 Å². The number of aromatic nitrogens is 2. The lowest BCUT2D eigenvalue weighted by Gasteiger charge is -2.08. The zero-order valence-corrected chi connectivity index (χ0v) is 11.8. The number of benzene rings is 1. The molecule has 3 N–H and O–H groups in total. The predicted molar refractivity (Wildman–Crippen MR) is 75.4 cm³/mol. The molecule has 0 saturated carbocycles. The van der Waals surface area contributed by atoms with E-state index in [2.05, 4.69) is 31.2 Å². The minimum absolute atomic E-state index is 0.139. The summed E-state index contributed by atoms with van der Waals surface area (Å²) in [6.45, 7) is 0. The molecular weight excluding hydrogens is 320 g/mol. The molecule has 0 saturated heterocycles. The summed E-state index contributed by atoms with van der Waals surface area (Å²) in [5.41, 5.74) is 6.36. The third-order valence-corrected chi connectivity index (χ3v) is 3.35. The van der Waals surface area contributed by atoms with Crippen molar-refractivity contribution in [3.63, 3.8) is 0 Å². The number of nitrogen functional groups attached to an aromatic ring is 1. The largest absolute Gasteiger partial charge is 0.481 e. The Morgan fingerprint density at radius 1 is 1.33 bits per heavy atom. The SMILES string of the molecule is COc1cc(Nc2ccc(Br)c(Cl)c2)nc(N)n1. The van der Waals surface area contributed by atoms with E-state index >= 15 is 0 Å². The molecule has 0 aliphatic heterocycles. The fourth-order valence-corrected chi connectivity index (χ4v) is 1.76. The summed E-state index contributed by atoms with van der Waals surface area (Å²) >= 11 is 9.32. The van der Waals surface area contributed by atoms with Crippen LogP contribution in [0.5, 0.6) is 5.88 Å². The van der Waals surface area contributed by atoms with Crippen molar-refractivity contribution in [3.8, 4) is 5.88 Å². The topological polar surface area (TPSA) is 73.1 Å². The molecule has 5 nitrogen and oxygen atoms in total. The van der Waals surface area contributed by atoms with Crippen molar-refractivity contribution >= 4 is 45.0 Å². The molecule has 1 aromatic carbocycles. The third-order valence-electron chi connectivity index (χ3n) is 2.12. The van der Waals surface area contributed by atoms with Crippen LogP contribution in [-0.2, 0) is 0 Å². The smallest absolute Gasteiger partial charge is 0.225 e. The highest BCUT2D eigenvalue weighted by Crippen LogP contribution is 2.27. The van der Waals surface area contributed by atoms with Crippen LogP contribution in [0.4, 0.5) is 17.5 Å². The summed E-state index contributed by atoms with van der Waals surface area (Å²) in [4.78, 5) is 7.95. The summed E-state index contributed by atoms with van der Waals surface area (Å²) < 4.78 is 5.84. The first-order valence-electron chi connectivity index (χ1n) is 4.99. The minimum atomic E-state index is 0.139. The van der Waals surface area contributed by atoms with Crippen molar-refractivity contribution in [2.24, 2.45) is 0 Å². The van der Waals surface area contributed by atoms with Crippen LogP contribution in [0.1, 0.15) is 0 Å². The second kappa shape index (κ2) is 5.41. The Kier molecular flexibility index (Phi) is 3.88. The van der Waals surface area contributed by atoms with E-state index in [0.717, 1.165) is 10.2 Å². The second-order valence-electron chi connectivity index (χ2n) is 3.41. The Morgan fingerprint density at radius 3 is 2.78 bits per heavy atom. The number of anilines is 3. The van der Waals surface area contributed by atoms with E-state index in [1.54, 1.807) is 12.1 Å². The summed E-state index contributed by atoms with van der Waals surface area (Å²) in [6, 6.07) is 7.12. The molecular formula is C11H10BrClN4O. The van der Waals surface area contributed by atoms with Gasteiger partial charge in [-0.25, -0.2) is 0 Å². The van der Waals surface area contributed by atoms with Crippen molar-refractivity contribution in [3.05, 3.63) is 33.8 Å². The Bertz CT molecular complexity index is 579. The van der Waals surface area contributed by atoms with Gasteiger partial charge < -0.3 is 15.8 Å². The lowest BCUT2D eigenvalue weighted by Crippen LogP contribution is -2.01. The van der Waals surface area contributed by atoms with Gasteiger partial charge in [0.1, 0.15) is 5.82 Å². The van der Waals surface area contributed by atoms with Gasteiger partial charge in [-0.2, -0.15) is 9.97 Å². The molecule has 1 aromatic heterocycles. The first-order chi connectivity index (χ1) is 8.58. The van der Waals surface area contributed by atoms with Gasteiger partial charge in [-0.05, 0) is 34.1 Å². The van der Waals surface area contributed by atoms with Gasteiger partial charge >= 0.3 is 0 Å². The van der Waals surface area contributed by atoms with Crippen LogP contribution in [-0.4, -0.2) is 17.1 Å². The number of hydrogen-bond donors (Lipinski definition) is 2. The maximum Gasteiger partial charge on any atom is 0.225 e. The molecule has 0 atom stereocenters. The zero-order chi connectivity index (χ0) is 13.1. The number of rotatable bonds is 3. The molecule has 0 amide bonds. The molecule has 0 unspecified atom stereocenters. The lowest BCUT2D eigenvalue weighted by atomic mass is 10.3. The normalized spacial score (nSPS) is 10.2. The summed E-state index contributed by atoms with van der Waals surface area (Å²) in [5.74, 6) is 1.08. The van der Waals surface area contributed by atoms with E-state index in [0.29, 0.717) is 16.7 Å². The van der Waals surface area contributed by atoms with E-state index < -0.39 is 0 Å². The van der Waals surface area contributed by atoms with Gasteiger partial charge in [0.15, 0.2) is 0 Å². The molecule has 2 rings (SSSR count). The second-order valence-corrected chi connectivity index (χ2v) is 4.67. The lowest BCUT2D eigenvalue weighted by molar-refractivity contribution is 0.398. The number of hydrogen-bond acceptors (Lipinski definition) is 5. The highest BCUT2D eigenvalue weighted by atomic mass is 79.9. The van der Waals surface area contributed by atoms with Crippen molar-refractivity contribution < 1.29 is 4.74 Å². The average molecular weight is 330 g/mol. The molecule has 0 radical (unpaired) electrons. The summed E-state index contributed by atoms with van der Waals surface area (Å²) in [5, 5.41) is 3.68. The number of ether oxygens (including phenoxy) is 1. The maximum absolute atomic E-state index is 6.00. The van der Waals surface area contributed by atoms with Crippen molar-refractivity contribution in [2.75, 3.05) is 18.2 Å². The molecule has 0 bridgehead atoms. The molecule has 0 aliphatic carbocycles. The van der Waals surface area contributed by atoms with Gasteiger partial charge in [-0.1, -0.05) is 11.6 Å². The monoisotopic (exact) mass is 328 g/mol. The Labute approximate surface area is 117 Å². The van der Waals surface area contributed by atoms with E-state index in [4.69, 9.17) is 22.1 Å². The fraction of sp³-hybridized carbons (Fsp3) is 0.0909. The number of methoxy groups -OCH3 is 1. The van der Waals surface area contributed by atoms with Crippen molar-refractivity contribution in [1.82, 2.24) is 9.97 Å². The maximum atomic E-state index is 6.00. The van der Waals surface area contributed by atoms with Crippen LogP contribution in [0.15, 0.2) is 28.7 Å². The van der Waals surface area contributed by atoms with Crippen molar-refractivity contribution in [1.29, 1.82) is 0 Å². The van der Waals surface area contributed by atoms with Crippen LogP contribution in [0, 0.1) is 0 Å². The molecule has 94 valence electrons. The van der Waals surface area contributed by atoms with Gasteiger partial charge in [-0.15, -0.1) is 0 Å². The van der Waals surface area contributed by atoms with Crippen LogP contribution in [0.3, 0.4) is 0 Å². The third kappa shape index (κ3) is 3.02. The van der Waals surface area contributed by atoms with Crippen LogP contribution >= 0.6 is 27.5 Å². The van der Waals surface area contributed by atoms with Gasteiger partial charge in [0.2, 0.25) is 11.8 Å². The van der Waals surface area contributed by atoms with Gasteiger partial charge in [-0.3, -0.25) is 0 Å². The molecule has 0 fully saturated rings. The molecule has 18 heavy (non-hydrogen) atoms. The standard InChI is InChI=1S/C11H10BrClN4O/c1-18-10-5-9(16-11(14)17-10)15-6-2-3-7(12)8(13)4-6/h2-5H,1H3,(H3,14,15,16,17). The van der Waals surface area contributed by atoms with Gasteiger partial charge in [0, 0.05) is 16.2 Å². The predicted octanol–water partition coefficient (Wildman–Crippen LogP) is 3.23. The first kappa shape index (κ1) is 12.9. The Morgan fingerprint density at radius 2 is 2.11 bits per heavy atom. The quantitative estimate of drug-likeness (QED) is 0.904. The van der Waals surface area contributed by atoms with E-state index in [-0.39, 0.29) is 5.95 Å². The fourth-order valence-electron chi connectivity index (χ4n) is 1.33. The van der Waals surface area contributed by atoms with Crippen LogP contribution in [0.25, 0.3) is 0 Å².